The van der Waals surface area contributed by atoms with E-state index >= 15 is 0 Å². The van der Waals surface area contributed by atoms with Crippen molar-refractivity contribution in [2.75, 3.05) is 19.5 Å². The minimum absolute atomic E-state index is 0. The number of allylic oxidation sites excluding steroid dienone is 4. The van der Waals surface area contributed by atoms with Crippen LogP contribution in [-0.2, 0) is 26.2 Å². The molecule has 0 aromatic carbocycles. The molecule has 95 valence electrons. The largest absolute Gasteiger partial charge is 3.00 e. The number of rotatable bonds is 2. The second-order valence-electron chi connectivity index (χ2n) is 3.45. The van der Waals surface area contributed by atoms with Gasteiger partial charge in [-0.25, -0.2) is 12.2 Å². The van der Waals surface area contributed by atoms with E-state index in [1.807, 2.05) is 12.2 Å². The van der Waals surface area contributed by atoms with E-state index in [9.17, 15) is 0 Å². The Bertz CT molecular complexity index is 143. The maximum absolute atomic E-state index is 2.99. The molecule has 0 bridgehead atoms. The first-order valence-electron chi connectivity index (χ1n) is 4.28. The van der Waals surface area contributed by atoms with Gasteiger partial charge in [0.15, 0.2) is 0 Å². The second kappa shape index (κ2) is 21.9. The summed E-state index contributed by atoms with van der Waals surface area (Å²) in [4.78, 5) is 0. The molecule has 5 heteroatoms. The molecule has 1 aliphatic rings. The van der Waals surface area contributed by atoms with Crippen LogP contribution in [0.3, 0.4) is 0 Å². The van der Waals surface area contributed by atoms with E-state index in [4.69, 9.17) is 0 Å². The standard InChI is InChI=1S/C6H14P.C5H5.3ClH.Zr/c1-6(2)5-7(3)4;1-2-4-5-3-1;;;;/h5H2,1-4H3;1-3H,4H2;3*1H;/q2*-1;;;;+3/p-3. The average molecular weight is 380 g/mol. The van der Waals surface area contributed by atoms with Crippen molar-refractivity contribution in [3.05, 3.63) is 30.2 Å². The van der Waals surface area contributed by atoms with Gasteiger partial charge in [0.05, 0.1) is 0 Å². The third kappa shape index (κ3) is 29.6. The Morgan fingerprint density at radius 1 is 1.19 bits per heavy atom. The predicted octanol–water partition coefficient (Wildman–Crippen LogP) is -5.34. The van der Waals surface area contributed by atoms with Gasteiger partial charge in [0.2, 0.25) is 0 Å². The van der Waals surface area contributed by atoms with Gasteiger partial charge in [-0.3, -0.25) is 6.08 Å². The minimum Gasteiger partial charge on any atom is -1.00 e. The van der Waals surface area contributed by atoms with Crippen LogP contribution in [0.25, 0.3) is 0 Å². The number of hydrogen-bond donors (Lipinski definition) is 0. The molecule has 0 unspecified atom stereocenters. The summed E-state index contributed by atoms with van der Waals surface area (Å²) in [5, 5.41) is 0. The summed E-state index contributed by atoms with van der Waals surface area (Å²) < 4.78 is 0. The van der Waals surface area contributed by atoms with Crippen LogP contribution in [0.5, 0.6) is 0 Å². The molecule has 1 radical (unpaired) electrons. The maximum atomic E-state index is 2.99. The summed E-state index contributed by atoms with van der Waals surface area (Å²) in [7, 11) is 0.323. The summed E-state index contributed by atoms with van der Waals surface area (Å²) >= 11 is 0. The molecule has 0 fully saturated rings. The molecule has 0 aromatic rings. The third-order valence-electron chi connectivity index (χ3n) is 1.22. The van der Waals surface area contributed by atoms with E-state index in [1.54, 1.807) is 5.92 Å². The monoisotopic (exact) mass is 377 g/mol. The molecule has 0 nitrogen and oxygen atoms in total. The Morgan fingerprint density at radius 2 is 1.69 bits per heavy atom. The summed E-state index contributed by atoms with van der Waals surface area (Å²) in [6.45, 7) is 9.01. The molecule has 0 aromatic heterocycles. The van der Waals surface area contributed by atoms with Gasteiger partial charge >= 0.3 is 26.2 Å². The minimum atomic E-state index is 0. The van der Waals surface area contributed by atoms with Crippen molar-refractivity contribution in [3.63, 3.8) is 0 Å². The zero-order chi connectivity index (χ0) is 9.40. The number of halogens is 3. The topological polar surface area (TPSA) is 0 Å². The van der Waals surface area contributed by atoms with Crippen LogP contribution in [0, 0.1) is 12.0 Å². The van der Waals surface area contributed by atoms with Crippen LogP contribution >= 0.6 is 7.92 Å². The van der Waals surface area contributed by atoms with Gasteiger partial charge in [0.25, 0.3) is 0 Å². The molecule has 0 N–H and O–H groups in total. The van der Waals surface area contributed by atoms with E-state index < -0.39 is 0 Å². The molecular weight excluding hydrogens is 361 g/mol. The molecule has 1 aliphatic carbocycles. The third-order valence-corrected chi connectivity index (χ3v) is 2.48. The summed E-state index contributed by atoms with van der Waals surface area (Å²) in [6.07, 6.45) is 11.3. The molecule has 0 atom stereocenters. The molecule has 0 saturated carbocycles. The van der Waals surface area contributed by atoms with Crippen LogP contribution < -0.4 is 37.2 Å². The Kier molecular flexibility index (Phi) is 41.9. The van der Waals surface area contributed by atoms with Crippen LogP contribution in [0.2, 0.25) is 0 Å². The van der Waals surface area contributed by atoms with Crippen LogP contribution in [0.1, 0.15) is 20.3 Å². The molecule has 0 amide bonds. The van der Waals surface area contributed by atoms with Gasteiger partial charge in [-0.15, -0.1) is 14.3 Å². The van der Waals surface area contributed by atoms with Crippen molar-refractivity contribution < 1.29 is 63.4 Å². The fourth-order valence-electron chi connectivity index (χ4n) is 0.973. The SMILES string of the molecule is C[C-](C)CP(C)C.[C-]1=CC=CC1.[Cl-].[Cl-].[Cl-].[Zr+3]. The van der Waals surface area contributed by atoms with E-state index in [0.717, 1.165) is 6.42 Å². The van der Waals surface area contributed by atoms with Gasteiger partial charge in [-0.05, 0) is 13.3 Å². The second-order valence-corrected chi connectivity index (χ2v) is 5.92. The molecule has 16 heavy (non-hydrogen) atoms. The van der Waals surface area contributed by atoms with Crippen molar-refractivity contribution in [1.29, 1.82) is 0 Å². The Balaban J connectivity index is -0.0000000411. The predicted molar refractivity (Wildman–Crippen MR) is 59.8 cm³/mol. The average Bonchev–Trinajstić information content (AvgIpc) is 2.36. The summed E-state index contributed by atoms with van der Waals surface area (Å²) in [5.41, 5.74) is 0. The summed E-state index contributed by atoms with van der Waals surface area (Å²) in [5.74, 6) is 1.57. The van der Waals surface area contributed by atoms with Gasteiger partial charge in [-0.1, -0.05) is 0 Å². The first-order valence-corrected chi connectivity index (χ1v) is 6.70. The first-order chi connectivity index (χ1) is 5.63. The van der Waals surface area contributed by atoms with Crippen LogP contribution in [-0.4, -0.2) is 19.5 Å². The van der Waals surface area contributed by atoms with E-state index in [0.29, 0.717) is 7.92 Å². The van der Waals surface area contributed by atoms with Crippen LogP contribution in [0.4, 0.5) is 0 Å². The zero-order valence-corrected chi connectivity index (χ0v) is 15.8. The zero-order valence-electron chi connectivity index (χ0n) is 10.2. The van der Waals surface area contributed by atoms with Gasteiger partial charge in [0, 0.05) is 0 Å². The van der Waals surface area contributed by atoms with Crippen LogP contribution in [0.15, 0.2) is 18.2 Å². The fourth-order valence-corrected chi connectivity index (χ4v) is 2.24. The van der Waals surface area contributed by atoms with Crippen molar-refractivity contribution in [2.45, 2.75) is 20.3 Å². The van der Waals surface area contributed by atoms with Crippen molar-refractivity contribution >= 4 is 7.92 Å². The van der Waals surface area contributed by atoms with Crippen molar-refractivity contribution in [1.82, 2.24) is 0 Å². The van der Waals surface area contributed by atoms with Gasteiger partial charge in [-0.2, -0.15) is 26.1 Å². The Labute approximate surface area is 140 Å². The first kappa shape index (κ1) is 30.6. The molecule has 0 aliphatic heterocycles. The molecule has 0 saturated heterocycles. The smallest absolute Gasteiger partial charge is 1.00 e. The summed E-state index contributed by atoms with van der Waals surface area (Å²) in [6, 6.07) is 0. The van der Waals surface area contributed by atoms with E-state index in [-0.39, 0.29) is 63.4 Å². The van der Waals surface area contributed by atoms with Crippen molar-refractivity contribution in [2.24, 2.45) is 0 Å². The maximum Gasteiger partial charge on any atom is 3.00 e. The van der Waals surface area contributed by atoms with Crippen molar-refractivity contribution in [3.8, 4) is 0 Å². The molecular formula is C11H19Cl3PZr-2. The normalized spacial score (nSPS) is 10.4. The Morgan fingerprint density at radius 3 is 1.75 bits per heavy atom. The molecule has 0 spiro atoms. The van der Waals surface area contributed by atoms with E-state index in [2.05, 4.69) is 39.3 Å². The van der Waals surface area contributed by atoms with Gasteiger partial charge < -0.3 is 43.1 Å². The number of hydrogen-bond acceptors (Lipinski definition) is 0. The Hall–Kier alpha value is 1.66. The molecule has 1 rings (SSSR count). The molecule has 0 heterocycles. The van der Waals surface area contributed by atoms with Gasteiger partial charge in [0.1, 0.15) is 0 Å². The quantitative estimate of drug-likeness (QED) is 0.332. The van der Waals surface area contributed by atoms with E-state index in [1.165, 1.54) is 6.16 Å². The fraction of sp³-hybridized carbons (Fsp3) is 0.545.